The molecule has 0 bridgehead atoms. The van der Waals surface area contributed by atoms with E-state index in [9.17, 15) is 28.5 Å². The minimum Gasteiger partial charge on any atom is -0.387 e. The number of aliphatic hydroxyl groups is 3. The number of aliphatic hydroxyl groups excluding tert-OH is 3. The molecule has 5 atom stereocenters. The van der Waals surface area contributed by atoms with Crippen molar-refractivity contribution in [3.63, 3.8) is 0 Å². The van der Waals surface area contributed by atoms with Crippen molar-refractivity contribution in [2.24, 2.45) is 0 Å². The van der Waals surface area contributed by atoms with Gasteiger partial charge in [0.1, 0.15) is 24.0 Å². The molecule has 0 amide bonds. The number of fused-ring (bicyclic) bond motifs is 1. The molecular weight excluding hydrogens is 317 g/mol. The first-order valence-electron chi connectivity index (χ1n) is 6.90. The average molecular weight is 332 g/mol. The van der Waals surface area contributed by atoms with Gasteiger partial charge in [0.05, 0.1) is 0 Å². The lowest BCUT2D eigenvalue weighted by Gasteiger charge is -2.23. The Balaban J connectivity index is 1.96. The van der Waals surface area contributed by atoms with Gasteiger partial charge in [0.25, 0.3) is 0 Å². The Bertz CT molecular complexity index is 718. The SMILES string of the molecule is Cc1ccnc2c1ccn2[C@@H]1O[C@H]([C@H](O)C(F)(F)F)[C@@H](O)[C@H]1O. The molecule has 23 heavy (non-hydrogen) atoms. The molecule has 1 fully saturated rings. The molecule has 1 aliphatic heterocycles. The van der Waals surface area contributed by atoms with Gasteiger partial charge in [-0.1, -0.05) is 0 Å². The lowest BCUT2D eigenvalue weighted by Crippen LogP contribution is -2.46. The highest BCUT2D eigenvalue weighted by Gasteiger charge is 2.54. The molecule has 3 heterocycles. The van der Waals surface area contributed by atoms with Crippen LogP contribution in [-0.2, 0) is 4.74 Å². The van der Waals surface area contributed by atoms with Gasteiger partial charge >= 0.3 is 6.18 Å². The Morgan fingerprint density at radius 1 is 1.26 bits per heavy atom. The third-order valence-electron chi connectivity index (χ3n) is 4.03. The van der Waals surface area contributed by atoms with Crippen molar-refractivity contribution in [2.75, 3.05) is 0 Å². The number of pyridine rings is 1. The molecular formula is C14H15F3N2O4. The topological polar surface area (TPSA) is 87.7 Å². The van der Waals surface area contributed by atoms with E-state index in [1.165, 1.54) is 17.0 Å². The van der Waals surface area contributed by atoms with E-state index in [0.717, 1.165) is 10.9 Å². The van der Waals surface area contributed by atoms with E-state index < -0.39 is 36.8 Å². The van der Waals surface area contributed by atoms with E-state index >= 15 is 0 Å². The van der Waals surface area contributed by atoms with Crippen LogP contribution in [0.3, 0.4) is 0 Å². The molecule has 2 aromatic rings. The maximum atomic E-state index is 12.6. The molecule has 1 aliphatic rings. The summed E-state index contributed by atoms with van der Waals surface area (Å²) in [5.74, 6) is 0. The molecule has 0 aromatic carbocycles. The fourth-order valence-corrected chi connectivity index (χ4v) is 2.76. The van der Waals surface area contributed by atoms with Gasteiger partial charge < -0.3 is 24.6 Å². The molecule has 9 heteroatoms. The summed E-state index contributed by atoms with van der Waals surface area (Å²) in [5.41, 5.74) is 1.30. The number of nitrogens with zero attached hydrogens (tertiary/aromatic N) is 2. The predicted molar refractivity (Wildman–Crippen MR) is 72.5 cm³/mol. The van der Waals surface area contributed by atoms with Crippen molar-refractivity contribution in [3.8, 4) is 0 Å². The number of aromatic nitrogens is 2. The third-order valence-corrected chi connectivity index (χ3v) is 4.03. The van der Waals surface area contributed by atoms with Gasteiger partial charge in [-0.2, -0.15) is 13.2 Å². The van der Waals surface area contributed by atoms with Crippen molar-refractivity contribution < 1.29 is 33.2 Å². The number of hydrogen-bond donors (Lipinski definition) is 3. The summed E-state index contributed by atoms with van der Waals surface area (Å²) in [4.78, 5) is 4.13. The van der Waals surface area contributed by atoms with Crippen LogP contribution in [-0.4, -0.2) is 55.5 Å². The molecule has 3 N–H and O–H groups in total. The smallest absolute Gasteiger partial charge is 0.387 e. The monoisotopic (exact) mass is 332 g/mol. The molecule has 0 spiro atoms. The normalized spacial score (nSPS) is 30.0. The van der Waals surface area contributed by atoms with Crippen molar-refractivity contribution in [1.29, 1.82) is 0 Å². The lowest BCUT2D eigenvalue weighted by molar-refractivity contribution is -0.244. The van der Waals surface area contributed by atoms with Crippen molar-refractivity contribution >= 4 is 11.0 Å². The summed E-state index contributed by atoms with van der Waals surface area (Å²) in [6.07, 6.45) is -11.6. The third kappa shape index (κ3) is 2.59. The number of hydrogen-bond acceptors (Lipinski definition) is 5. The first kappa shape index (κ1) is 16.2. The zero-order valence-electron chi connectivity index (χ0n) is 12.0. The molecule has 1 saturated heterocycles. The van der Waals surface area contributed by atoms with Gasteiger partial charge in [0.15, 0.2) is 12.3 Å². The number of halogens is 3. The quantitative estimate of drug-likeness (QED) is 0.760. The van der Waals surface area contributed by atoms with E-state index in [0.29, 0.717) is 5.65 Å². The minimum atomic E-state index is -4.96. The average Bonchev–Trinajstić information content (AvgIpc) is 3.02. The Kier molecular flexibility index (Phi) is 3.83. The summed E-state index contributed by atoms with van der Waals surface area (Å²) in [6, 6.07) is 3.46. The van der Waals surface area contributed by atoms with Crippen LogP contribution in [0.5, 0.6) is 0 Å². The highest BCUT2D eigenvalue weighted by molar-refractivity contribution is 5.79. The van der Waals surface area contributed by atoms with Gasteiger partial charge in [0, 0.05) is 17.8 Å². The van der Waals surface area contributed by atoms with Crippen LogP contribution in [0.15, 0.2) is 24.5 Å². The van der Waals surface area contributed by atoms with Crippen LogP contribution in [0.1, 0.15) is 11.8 Å². The van der Waals surface area contributed by atoms with Crippen LogP contribution >= 0.6 is 0 Å². The molecule has 2 aromatic heterocycles. The van der Waals surface area contributed by atoms with E-state index in [4.69, 9.17) is 4.74 Å². The Morgan fingerprint density at radius 2 is 1.96 bits per heavy atom. The molecule has 0 unspecified atom stereocenters. The Hall–Kier alpha value is -1.68. The first-order valence-corrected chi connectivity index (χ1v) is 6.90. The zero-order chi connectivity index (χ0) is 16.9. The maximum absolute atomic E-state index is 12.6. The molecule has 6 nitrogen and oxygen atoms in total. The van der Waals surface area contributed by atoms with E-state index in [1.54, 1.807) is 12.1 Å². The van der Waals surface area contributed by atoms with Crippen LogP contribution in [0.4, 0.5) is 13.2 Å². The molecule has 0 aliphatic carbocycles. The van der Waals surface area contributed by atoms with Crippen LogP contribution < -0.4 is 0 Å². The summed E-state index contributed by atoms with van der Waals surface area (Å²) < 4.78 is 44.4. The fourth-order valence-electron chi connectivity index (χ4n) is 2.76. The Labute approximate surface area is 128 Å². The van der Waals surface area contributed by atoms with Gasteiger partial charge in [0.2, 0.25) is 0 Å². The number of alkyl halides is 3. The van der Waals surface area contributed by atoms with Crippen LogP contribution in [0.2, 0.25) is 0 Å². The standard InChI is InChI=1S/C14H15F3N2O4/c1-6-2-4-18-12-7(6)3-5-19(12)13-9(21)8(20)10(23-13)11(22)14(15,16)17/h2-5,8-11,13,20-22H,1H3/t8-,9+,10-,11-,13+/m0/s1. The van der Waals surface area contributed by atoms with Crippen molar-refractivity contribution in [3.05, 3.63) is 30.1 Å². The van der Waals surface area contributed by atoms with Crippen molar-refractivity contribution in [2.45, 2.75) is 43.7 Å². The summed E-state index contributed by atoms with van der Waals surface area (Å²) in [7, 11) is 0. The second kappa shape index (κ2) is 5.45. The van der Waals surface area contributed by atoms with Crippen LogP contribution in [0.25, 0.3) is 11.0 Å². The molecule has 0 radical (unpaired) electrons. The second-order valence-electron chi connectivity index (χ2n) is 5.55. The fraction of sp³-hybridized carbons (Fsp3) is 0.500. The van der Waals surface area contributed by atoms with Gasteiger partial charge in [-0.3, -0.25) is 0 Å². The lowest BCUT2D eigenvalue weighted by atomic mass is 10.1. The highest BCUT2D eigenvalue weighted by atomic mass is 19.4. The molecule has 126 valence electrons. The minimum absolute atomic E-state index is 0.406. The summed E-state index contributed by atoms with van der Waals surface area (Å²) in [5, 5.41) is 29.9. The van der Waals surface area contributed by atoms with Gasteiger partial charge in [-0.25, -0.2) is 4.98 Å². The van der Waals surface area contributed by atoms with Gasteiger partial charge in [-0.15, -0.1) is 0 Å². The zero-order valence-corrected chi connectivity index (χ0v) is 12.0. The first-order chi connectivity index (χ1) is 10.7. The Morgan fingerprint density at radius 3 is 2.61 bits per heavy atom. The molecule has 3 rings (SSSR count). The maximum Gasteiger partial charge on any atom is 0.417 e. The predicted octanol–water partition coefficient (Wildman–Crippen LogP) is 0.887. The second-order valence-corrected chi connectivity index (χ2v) is 5.55. The van der Waals surface area contributed by atoms with E-state index in [-0.39, 0.29) is 0 Å². The van der Waals surface area contributed by atoms with E-state index in [2.05, 4.69) is 4.98 Å². The largest absolute Gasteiger partial charge is 0.417 e. The number of rotatable bonds is 2. The number of ether oxygens (including phenoxy) is 1. The van der Waals surface area contributed by atoms with Crippen molar-refractivity contribution in [1.82, 2.24) is 9.55 Å². The molecule has 0 saturated carbocycles. The highest BCUT2D eigenvalue weighted by Crippen LogP contribution is 2.37. The van der Waals surface area contributed by atoms with Crippen LogP contribution in [0, 0.1) is 6.92 Å². The number of aryl methyl sites for hydroxylation is 1. The summed E-state index contributed by atoms with van der Waals surface area (Å²) in [6.45, 7) is 1.84. The van der Waals surface area contributed by atoms with E-state index in [1.807, 2.05) is 6.92 Å². The van der Waals surface area contributed by atoms with Gasteiger partial charge in [-0.05, 0) is 24.6 Å². The summed E-state index contributed by atoms with van der Waals surface area (Å²) >= 11 is 0.